The van der Waals surface area contributed by atoms with E-state index in [0.29, 0.717) is 25.1 Å². The molecule has 0 spiro atoms. The van der Waals surface area contributed by atoms with Crippen LogP contribution in [0.4, 0.5) is 0 Å². The van der Waals surface area contributed by atoms with E-state index in [1.165, 1.54) is 0 Å². The van der Waals surface area contributed by atoms with Crippen LogP contribution in [-0.2, 0) is 4.79 Å². The molecule has 3 aromatic rings. The molecule has 1 aliphatic rings. The number of para-hydroxylation sites is 1. The van der Waals surface area contributed by atoms with Crippen LogP contribution in [0.2, 0.25) is 0 Å². The summed E-state index contributed by atoms with van der Waals surface area (Å²) in [7, 11) is 0. The van der Waals surface area contributed by atoms with E-state index in [-0.39, 0.29) is 11.8 Å². The first-order chi connectivity index (χ1) is 12.7. The van der Waals surface area contributed by atoms with Gasteiger partial charge in [0, 0.05) is 24.2 Å². The van der Waals surface area contributed by atoms with Gasteiger partial charge in [-0.05, 0) is 30.7 Å². The highest BCUT2D eigenvalue weighted by Gasteiger charge is 2.32. The number of nitrogens with one attached hydrogen (secondary N) is 1. The summed E-state index contributed by atoms with van der Waals surface area (Å²) in [6.07, 6.45) is 0.606. The van der Waals surface area contributed by atoms with Crippen molar-refractivity contribution in [3.63, 3.8) is 0 Å². The molecule has 1 fully saturated rings. The Morgan fingerprint density at radius 3 is 2.92 bits per heavy atom. The van der Waals surface area contributed by atoms with Crippen molar-refractivity contribution in [1.82, 2.24) is 15.2 Å². The third kappa shape index (κ3) is 2.97. The van der Waals surface area contributed by atoms with Crippen LogP contribution < -0.4 is 5.32 Å². The van der Waals surface area contributed by atoms with Crippen molar-refractivity contribution in [2.45, 2.75) is 19.4 Å². The summed E-state index contributed by atoms with van der Waals surface area (Å²) < 4.78 is 1.12. The van der Waals surface area contributed by atoms with E-state index >= 15 is 0 Å². The molecule has 0 bridgehead atoms. The zero-order valence-corrected chi connectivity index (χ0v) is 15.3. The zero-order chi connectivity index (χ0) is 18.1. The lowest BCUT2D eigenvalue weighted by molar-refractivity contribution is -0.127. The SMILES string of the molecule is CC[C@@H]1C(=O)NCCN1C(=O)c1cccc(-c2nc3ccccc3s2)c1. The fraction of sp³-hybridized carbons (Fsp3) is 0.250. The van der Waals surface area contributed by atoms with Gasteiger partial charge in [0.15, 0.2) is 0 Å². The molecule has 26 heavy (non-hydrogen) atoms. The largest absolute Gasteiger partial charge is 0.353 e. The minimum Gasteiger partial charge on any atom is -0.353 e. The zero-order valence-electron chi connectivity index (χ0n) is 14.4. The van der Waals surface area contributed by atoms with Crippen molar-refractivity contribution in [3.8, 4) is 10.6 Å². The molecule has 6 heteroatoms. The number of nitrogens with zero attached hydrogens (tertiary/aromatic N) is 2. The van der Waals surface area contributed by atoms with Crippen molar-refractivity contribution in [3.05, 3.63) is 54.1 Å². The topological polar surface area (TPSA) is 62.3 Å². The molecule has 2 heterocycles. The van der Waals surface area contributed by atoms with Crippen LogP contribution >= 0.6 is 11.3 Å². The highest BCUT2D eigenvalue weighted by molar-refractivity contribution is 7.21. The molecular weight excluding hydrogens is 346 g/mol. The maximum Gasteiger partial charge on any atom is 0.254 e. The van der Waals surface area contributed by atoms with Crippen LogP contribution in [0, 0.1) is 0 Å². The lowest BCUT2D eigenvalue weighted by Gasteiger charge is -2.34. The molecule has 4 rings (SSSR count). The van der Waals surface area contributed by atoms with E-state index in [0.717, 1.165) is 20.8 Å². The number of aromatic nitrogens is 1. The molecule has 1 aliphatic heterocycles. The summed E-state index contributed by atoms with van der Waals surface area (Å²) in [4.78, 5) is 31.4. The summed E-state index contributed by atoms with van der Waals surface area (Å²) in [6, 6.07) is 15.1. The number of benzene rings is 2. The first-order valence-corrected chi connectivity index (χ1v) is 9.53. The Morgan fingerprint density at radius 1 is 1.27 bits per heavy atom. The molecule has 0 radical (unpaired) electrons. The van der Waals surface area contributed by atoms with E-state index in [1.807, 2.05) is 49.4 Å². The molecule has 0 unspecified atom stereocenters. The van der Waals surface area contributed by atoms with Crippen LogP contribution in [0.5, 0.6) is 0 Å². The molecule has 2 amide bonds. The van der Waals surface area contributed by atoms with E-state index in [2.05, 4.69) is 10.3 Å². The average Bonchev–Trinajstić information content (AvgIpc) is 3.11. The average molecular weight is 365 g/mol. The van der Waals surface area contributed by atoms with Crippen molar-refractivity contribution < 1.29 is 9.59 Å². The van der Waals surface area contributed by atoms with Crippen molar-refractivity contribution in [2.24, 2.45) is 0 Å². The van der Waals surface area contributed by atoms with Gasteiger partial charge in [-0.2, -0.15) is 0 Å². The normalized spacial score (nSPS) is 17.3. The smallest absolute Gasteiger partial charge is 0.254 e. The number of amides is 2. The number of fused-ring (bicyclic) bond motifs is 1. The quantitative estimate of drug-likeness (QED) is 0.774. The number of rotatable bonds is 3. The highest BCUT2D eigenvalue weighted by Crippen LogP contribution is 2.30. The molecule has 1 atom stereocenters. The van der Waals surface area contributed by atoms with Gasteiger partial charge in [-0.3, -0.25) is 9.59 Å². The van der Waals surface area contributed by atoms with Gasteiger partial charge in [0.25, 0.3) is 5.91 Å². The fourth-order valence-electron chi connectivity index (χ4n) is 3.31. The third-order valence-electron chi connectivity index (χ3n) is 4.63. The number of piperazine rings is 1. The Bertz CT molecular complexity index is 949. The van der Waals surface area contributed by atoms with Crippen molar-refractivity contribution >= 4 is 33.4 Å². The monoisotopic (exact) mass is 365 g/mol. The number of carbonyl (C=O) groups excluding carboxylic acids is 2. The number of carbonyl (C=O) groups is 2. The van der Waals surface area contributed by atoms with Gasteiger partial charge < -0.3 is 10.2 Å². The van der Waals surface area contributed by atoms with E-state index in [4.69, 9.17) is 0 Å². The summed E-state index contributed by atoms with van der Waals surface area (Å²) in [5.41, 5.74) is 2.48. The van der Waals surface area contributed by atoms with Gasteiger partial charge >= 0.3 is 0 Å². The Kier molecular flexibility index (Phi) is 4.42. The summed E-state index contributed by atoms with van der Waals surface area (Å²) in [6.45, 7) is 2.96. The van der Waals surface area contributed by atoms with Crippen LogP contribution in [-0.4, -0.2) is 40.8 Å². The van der Waals surface area contributed by atoms with Gasteiger partial charge in [-0.1, -0.05) is 31.2 Å². The lowest BCUT2D eigenvalue weighted by Crippen LogP contribution is -2.56. The van der Waals surface area contributed by atoms with E-state index in [1.54, 1.807) is 22.3 Å². The molecule has 132 valence electrons. The summed E-state index contributed by atoms with van der Waals surface area (Å²) in [5, 5.41) is 3.72. The highest BCUT2D eigenvalue weighted by atomic mass is 32.1. The summed E-state index contributed by atoms with van der Waals surface area (Å²) in [5.74, 6) is -0.177. The van der Waals surface area contributed by atoms with Gasteiger partial charge in [0.2, 0.25) is 5.91 Å². The molecule has 5 nitrogen and oxygen atoms in total. The molecule has 1 aromatic heterocycles. The lowest BCUT2D eigenvalue weighted by atomic mass is 10.1. The second kappa shape index (κ2) is 6.88. The molecule has 1 N–H and O–H groups in total. The summed E-state index contributed by atoms with van der Waals surface area (Å²) >= 11 is 1.61. The predicted octanol–water partition coefficient (Wildman–Crippen LogP) is 3.31. The van der Waals surface area contributed by atoms with Crippen LogP contribution in [0.15, 0.2) is 48.5 Å². The van der Waals surface area contributed by atoms with Gasteiger partial charge in [-0.25, -0.2) is 4.98 Å². The maximum atomic E-state index is 13.0. The Balaban J connectivity index is 1.66. The first kappa shape index (κ1) is 16.7. The van der Waals surface area contributed by atoms with Crippen molar-refractivity contribution in [2.75, 3.05) is 13.1 Å². The molecule has 1 saturated heterocycles. The fourth-order valence-corrected chi connectivity index (χ4v) is 4.27. The van der Waals surface area contributed by atoms with E-state index in [9.17, 15) is 9.59 Å². The van der Waals surface area contributed by atoms with Crippen molar-refractivity contribution in [1.29, 1.82) is 0 Å². The predicted molar refractivity (Wildman–Crippen MR) is 103 cm³/mol. The van der Waals surface area contributed by atoms with Gasteiger partial charge in [0.1, 0.15) is 11.0 Å². The molecular formula is C20H19N3O2S. The second-order valence-corrected chi connectivity index (χ2v) is 7.31. The van der Waals surface area contributed by atoms with Crippen LogP contribution in [0.1, 0.15) is 23.7 Å². The Hall–Kier alpha value is -2.73. The third-order valence-corrected chi connectivity index (χ3v) is 5.71. The van der Waals surface area contributed by atoms with Crippen LogP contribution in [0.25, 0.3) is 20.8 Å². The Labute approximate surface area is 155 Å². The van der Waals surface area contributed by atoms with Crippen LogP contribution in [0.3, 0.4) is 0 Å². The molecule has 2 aromatic carbocycles. The first-order valence-electron chi connectivity index (χ1n) is 8.72. The Morgan fingerprint density at radius 2 is 2.12 bits per heavy atom. The molecule has 0 aliphatic carbocycles. The van der Waals surface area contributed by atoms with E-state index < -0.39 is 6.04 Å². The number of hydrogen-bond acceptors (Lipinski definition) is 4. The second-order valence-electron chi connectivity index (χ2n) is 6.28. The number of thiazole rings is 1. The maximum absolute atomic E-state index is 13.0. The minimum absolute atomic E-state index is 0.0746. The standard InChI is InChI=1S/C20H19N3O2S/c1-2-16-18(24)21-10-11-23(16)20(25)14-7-5-6-13(12-14)19-22-15-8-3-4-9-17(15)26-19/h3-9,12,16H,2,10-11H2,1H3,(H,21,24)/t16-/m1/s1. The minimum atomic E-state index is -0.401. The van der Waals surface area contributed by atoms with Gasteiger partial charge in [-0.15, -0.1) is 11.3 Å². The molecule has 0 saturated carbocycles. The number of hydrogen-bond donors (Lipinski definition) is 1. The van der Waals surface area contributed by atoms with Gasteiger partial charge in [0.05, 0.1) is 10.2 Å².